The fourth-order valence-electron chi connectivity index (χ4n) is 2.51. The van der Waals surface area contributed by atoms with Gasteiger partial charge in [0.2, 0.25) is 0 Å². The number of nitrogens with zero attached hydrogens (tertiary/aromatic N) is 1. The van der Waals surface area contributed by atoms with Crippen LogP contribution in [0.25, 0.3) is 5.57 Å². The van der Waals surface area contributed by atoms with E-state index in [0.29, 0.717) is 0 Å². The third-order valence-corrected chi connectivity index (χ3v) is 3.29. The van der Waals surface area contributed by atoms with Crippen LogP contribution in [0.1, 0.15) is 31.4 Å². The van der Waals surface area contributed by atoms with Crippen LogP contribution < -0.4 is 0 Å². The van der Waals surface area contributed by atoms with Crippen LogP contribution in [0.5, 0.6) is 0 Å². The summed E-state index contributed by atoms with van der Waals surface area (Å²) in [7, 11) is 0. The van der Waals surface area contributed by atoms with E-state index in [0.717, 1.165) is 26.1 Å². The van der Waals surface area contributed by atoms with E-state index >= 15 is 0 Å². The lowest BCUT2D eigenvalue weighted by Crippen LogP contribution is -2.40. The minimum Gasteiger partial charge on any atom is -0.389 e. The first kappa shape index (κ1) is 13.3. The van der Waals surface area contributed by atoms with Crippen molar-refractivity contribution in [3.63, 3.8) is 0 Å². The zero-order chi connectivity index (χ0) is 13.2. The number of hydrogen-bond donors (Lipinski definition) is 1. The van der Waals surface area contributed by atoms with E-state index in [4.69, 9.17) is 0 Å². The van der Waals surface area contributed by atoms with Gasteiger partial charge in [0.15, 0.2) is 0 Å². The van der Waals surface area contributed by atoms with Gasteiger partial charge < -0.3 is 5.11 Å². The average Bonchev–Trinajstić information content (AvgIpc) is 2.28. The molecule has 2 nitrogen and oxygen atoms in total. The molecule has 0 aliphatic carbocycles. The quantitative estimate of drug-likeness (QED) is 0.885. The van der Waals surface area contributed by atoms with Crippen molar-refractivity contribution in [2.75, 3.05) is 19.6 Å². The summed E-state index contributed by atoms with van der Waals surface area (Å²) in [4.78, 5) is 2.30. The lowest BCUT2D eigenvalue weighted by molar-refractivity contribution is 0.0397. The Morgan fingerprint density at radius 2 is 2.11 bits per heavy atom. The summed E-state index contributed by atoms with van der Waals surface area (Å²) in [5.41, 5.74) is 3.49. The Labute approximate surface area is 110 Å². The Kier molecular flexibility index (Phi) is 3.88. The molecule has 0 saturated heterocycles. The molecule has 1 aromatic rings. The maximum absolute atomic E-state index is 9.83. The Balaban J connectivity index is 2.03. The Bertz CT molecular complexity index is 443. The average molecular weight is 245 g/mol. The molecule has 0 unspecified atom stereocenters. The predicted molar refractivity (Wildman–Crippen MR) is 76.5 cm³/mol. The molecule has 0 spiro atoms. The number of β-amino-alcohol motifs (C(OH)–C–C–N with tert-alkyl or cyclic N) is 1. The molecule has 1 aromatic carbocycles. The van der Waals surface area contributed by atoms with Crippen molar-refractivity contribution in [3.05, 3.63) is 41.5 Å². The van der Waals surface area contributed by atoms with Crippen molar-refractivity contribution in [2.24, 2.45) is 0 Å². The zero-order valence-electron chi connectivity index (χ0n) is 11.6. The fraction of sp³-hybridized carbons (Fsp3) is 0.500. The van der Waals surface area contributed by atoms with E-state index in [2.05, 4.69) is 42.2 Å². The number of aryl methyl sites for hydroxylation is 1. The largest absolute Gasteiger partial charge is 0.389 e. The number of aliphatic hydroxyl groups is 1. The van der Waals surface area contributed by atoms with E-state index in [9.17, 15) is 5.11 Å². The van der Waals surface area contributed by atoms with Gasteiger partial charge in [0.25, 0.3) is 0 Å². The maximum Gasteiger partial charge on any atom is 0.0718 e. The van der Waals surface area contributed by atoms with Gasteiger partial charge in [-0.25, -0.2) is 0 Å². The molecule has 0 saturated carbocycles. The Hall–Kier alpha value is -1.12. The molecule has 1 N–H and O–H groups in total. The van der Waals surface area contributed by atoms with Crippen molar-refractivity contribution in [1.82, 2.24) is 4.90 Å². The van der Waals surface area contributed by atoms with E-state index in [-0.39, 0.29) is 0 Å². The third-order valence-electron chi connectivity index (χ3n) is 3.29. The van der Waals surface area contributed by atoms with Crippen molar-refractivity contribution in [2.45, 2.75) is 32.8 Å². The molecule has 0 aromatic heterocycles. The first-order valence-electron chi connectivity index (χ1n) is 6.65. The number of rotatable bonds is 3. The summed E-state index contributed by atoms with van der Waals surface area (Å²) < 4.78 is 0. The van der Waals surface area contributed by atoms with Gasteiger partial charge in [-0.3, -0.25) is 4.90 Å². The highest BCUT2D eigenvalue weighted by Gasteiger charge is 2.20. The fourth-order valence-corrected chi connectivity index (χ4v) is 2.51. The summed E-state index contributed by atoms with van der Waals surface area (Å²) in [5.74, 6) is 0. The second-order valence-electron chi connectivity index (χ2n) is 5.90. The highest BCUT2D eigenvalue weighted by atomic mass is 16.3. The molecule has 0 atom stereocenters. The highest BCUT2D eigenvalue weighted by Crippen LogP contribution is 2.23. The summed E-state index contributed by atoms with van der Waals surface area (Å²) in [5, 5.41) is 9.83. The molecule has 1 aliphatic rings. The van der Waals surface area contributed by atoms with Gasteiger partial charge in [-0.05, 0) is 38.3 Å². The van der Waals surface area contributed by atoms with Crippen LogP contribution in [-0.4, -0.2) is 35.2 Å². The molecular weight excluding hydrogens is 222 g/mol. The predicted octanol–water partition coefficient (Wildman–Crippen LogP) is 2.86. The molecule has 0 bridgehead atoms. The van der Waals surface area contributed by atoms with Crippen LogP contribution in [-0.2, 0) is 0 Å². The SMILES string of the molecule is Cc1cccc(C2=CCN(CC(C)(C)O)CC2)c1. The molecule has 2 rings (SSSR count). The van der Waals surface area contributed by atoms with Crippen LogP contribution in [0.2, 0.25) is 0 Å². The minimum absolute atomic E-state index is 0.603. The molecule has 2 heteroatoms. The zero-order valence-corrected chi connectivity index (χ0v) is 11.6. The molecule has 18 heavy (non-hydrogen) atoms. The van der Waals surface area contributed by atoms with Gasteiger partial charge in [0.1, 0.15) is 0 Å². The van der Waals surface area contributed by atoms with Crippen LogP contribution in [0.15, 0.2) is 30.3 Å². The van der Waals surface area contributed by atoms with Gasteiger partial charge in [-0.2, -0.15) is 0 Å². The van der Waals surface area contributed by atoms with E-state index in [1.54, 1.807) is 0 Å². The van der Waals surface area contributed by atoms with Crippen molar-refractivity contribution in [3.8, 4) is 0 Å². The van der Waals surface area contributed by atoms with E-state index in [1.807, 2.05) is 13.8 Å². The van der Waals surface area contributed by atoms with E-state index in [1.165, 1.54) is 16.7 Å². The number of benzene rings is 1. The second-order valence-corrected chi connectivity index (χ2v) is 5.90. The van der Waals surface area contributed by atoms with Gasteiger partial charge in [0, 0.05) is 19.6 Å². The molecule has 0 radical (unpaired) electrons. The van der Waals surface area contributed by atoms with Crippen LogP contribution in [0.4, 0.5) is 0 Å². The maximum atomic E-state index is 9.83. The van der Waals surface area contributed by atoms with Crippen molar-refractivity contribution < 1.29 is 5.11 Å². The number of hydrogen-bond acceptors (Lipinski definition) is 2. The first-order valence-corrected chi connectivity index (χ1v) is 6.65. The van der Waals surface area contributed by atoms with Crippen molar-refractivity contribution >= 4 is 5.57 Å². The summed E-state index contributed by atoms with van der Waals surface area (Å²) in [6, 6.07) is 8.68. The molecule has 0 fully saturated rings. The first-order chi connectivity index (χ1) is 8.44. The van der Waals surface area contributed by atoms with Gasteiger partial charge >= 0.3 is 0 Å². The second kappa shape index (κ2) is 5.25. The molecular formula is C16H23NO. The van der Waals surface area contributed by atoms with Gasteiger partial charge in [0.05, 0.1) is 5.60 Å². The van der Waals surface area contributed by atoms with Gasteiger partial charge in [-0.15, -0.1) is 0 Å². The van der Waals surface area contributed by atoms with Crippen molar-refractivity contribution in [1.29, 1.82) is 0 Å². The van der Waals surface area contributed by atoms with E-state index < -0.39 is 5.60 Å². The Morgan fingerprint density at radius 1 is 1.33 bits per heavy atom. The lowest BCUT2D eigenvalue weighted by Gasteiger charge is -2.31. The molecule has 1 heterocycles. The van der Waals surface area contributed by atoms with Crippen LogP contribution in [0, 0.1) is 6.92 Å². The smallest absolute Gasteiger partial charge is 0.0718 e. The molecule has 1 aliphatic heterocycles. The summed E-state index contributed by atoms with van der Waals surface area (Å²) >= 11 is 0. The highest BCUT2D eigenvalue weighted by molar-refractivity contribution is 5.67. The molecule has 98 valence electrons. The third kappa shape index (κ3) is 3.69. The molecule has 0 amide bonds. The normalized spacial score (nSPS) is 17.7. The van der Waals surface area contributed by atoms with Gasteiger partial charge in [-0.1, -0.05) is 35.9 Å². The monoisotopic (exact) mass is 245 g/mol. The van der Waals surface area contributed by atoms with Crippen LogP contribution >= 0.6 is 0 Å². The van der Waals surface area contributed by atoms with Crippen LogP contribution in [0.3, 0.4) is 0 Å². The minimum atomic E-state index is -0.603. The topological polar surface area (TPSA) is 23.5 Å². The Morgan fingerprint density at radius 3 is 2.67 bits per heavy atom. The lowest BCUT2D eigenvalue weighted by atomic mass is 9.97. The summed E-state index contributed by atoms with van der Waals surface area (Å²) in [6.07, 6.45) is 3.36. The summed E-state index contributed by atoms with van der Waals surface area (Å²) in [6.45, 7) is 8.58. The standard InChI is InChI=1S/C16H23NO/c1-13-5-4-6-15(11-13)14-7-9-17(10-8-14)12-16(2,3)18/h4-7,11,18H,8-10,12H2,1-3H3.